The lowest BCUT2D eigenvalue weighted by Crippen LogP contribution is -2.27. The van der Waals surface area contributed by atoms with Crippen LogP contribution in [-0.4, -0.2) is 28.2 Å². The van der Waals surface area contributed by atoms with Crippen LogP contribution in [0.1, 0.15) is 53.1 Å². The average Bonchev–Trinajstić information content (AvgIpc) is 3.03. The quantitative estimate of drug-likeness (QED) is 0.386. The molecule has 3 rings (SSSR count). The van der Waals surface area contributed by atoms with Crippen molar-refractivity contribution >= 4 is 32.7 Å². The van der Waals surface area contributed by atoms with Crippen LogP contribution in [0, 0.1) is 25.2 Å². The third-order valence-electron chi connectivity index (χ3n) is 5.11. The summed E-state index contributed by atoms with van der Waals surface area (Å²) in [6.07, 6.45) is 0.469. The Hall–Kier alpha value is -2.89. The summed E-state index contributed by atoms with van der Waals surface area (Å²) in [4.78, 5) is 26.1. The molecule has 0 saturated carbocycles. The number of carbonyl (C=O) groups is 1. The monoisotopic (exact) mass is 486 g/mol. The zero-order valence-electron chi connectivity index (χ0n) is 17.8. The molecule has 2 aromatic heterocycles. The summed E-state index contributed by atoms with van der Waals surface area (Å²) in [6, 6.07) is 7.30. The SMILES string of the molecule is Cc1c(C(=O)c2oc3cc(Br)ccc3c2C)c(O)n(CCCOC(C)C)c(=O)c1C#N. The van der Waals surface area contributed by atoms with E-state index >= 15 is 0 Å². The highest BCUT2D eigenvalue weighted by Gasteiger charge is 2.28. The van der Waals surface area contributed by atoms with E-state index in [4.69, 9.17) is 9.15 Å². The number of pyridine rings is 1. The molecule has 2 heterocycles. The van der Waals surface area contributed by atoms with E-state index in [-0.39, 0.29) is 35.1 Å². The number of aryl methyl sites for hydroxylation is 1. The summed E-state index contributed by atoms with van der Waals surface area (Å²) in [7, 11) is 0. The molecule has 0 saturated heterocycles. The number of hydrogen-bond donors (Lipinski definition) is 1. The minimum absolute atomic E-state index is 0.0336. The summed E-state index contributed by atoms with van der Waals surface area (Å²) in [5, 5.41) is 21.2. The molecule has 31 heavy (non-hydrogen) atoms. The second kappa shape index (κ2) is 9.08. The molecule has 3 aromatic rings. The Bertz CT molecular complexity index is 1260. The van der Waals surface area contributed by atoms with E-state index in [0.29, 0.717) is 24.2 Å². The highest BCUT2D eigenvalue weighted by atomic mass is 79.9. The number of aromatic hydroxyl groups is 1. The number of nitriles is 1. The molecule has 0 spiro atoms. The van der Waals surface area contributed by atoms with Gasteiger partial charge in [-0.15, -0.1) is 0 Å². The normalized spacial score (nSPS) is 11.3. The van der Waals surface area contributed by atoms with Crippen molar-refractivity contribution in [2.45, 2.75) is 46.8 Å². The van der Waals surface area contributed by atoms with Gasteiger partial charge in [-0.2, -0.15) is 5.26 Å². The van der Waals surface area contributed by atoms with Gasteiger partial charge in [0.05, 0.1) is 11.7 Å². The van der Waals surface area contributed by atoms with Crippen LogP contribution < -0.4 is 5.56 Å². The minimum Gasteiger partial charge on any atom is -0.494 e. The van der Waals surface area contributed by atoms with Crippen molar-refractivity contribution in [1.29, 1.82) is 5.26 Å². The number of fused-ring (bicyclic) bond motifs is 1. The lowest BCUT2D eigenvalue weighted by molar-refractivity contribution is 0.0743. The lowest BCUT2D eigenvalue weighted by atomic mass is 9.98. The van der Waals surface area contributed by atoms with E-state index in [2.05, 4.69) is 15.9 Å². The van der Waals surface area contributed by atoms with Crippen LogP contribution in [-0.2, 0) is 11.3 Å². The number of carbonyl (C=O) groups excluding carboxylic acids is 1. The zero-order chi connectivity index (χ0) is 22.9. The van der Waals surface area contributed by atoms with E-state index in [0.717, 1.165) is 14.4 Å². The fourth-order valence-electron chi connectivity index (χ4n) is 3.50. The molecule has 7 nitrogen and oxygen atoms in total. The van der Waals surface area contributed by atoms with Gasteiger partial charge in [0.25, 0.3) is 5.56 Å². The summed E-state index contributed by atoms with van der Waals surface area (Å²) in [5.74, 6) is -0.996. The smallest absolute Gasteiger partial charge is 0.271 e. The molecular formula is C23H23BrN2O5. The van der Waals surface area contributed by atoms with Gasteiger partial charge in [0.1, 0.15) is 17.2 Å². The summed E-state index contributed by atoms with van der Waals surface area (Å²) >= 11 is 3.38. The third kappa shape index (κ3) is 4.29. The number of furan rings is 1. The molecular weight excluding hydrogens is 464 g/mol. The Balaban J connectivity index is 2.11. The molecule has 8 heteroatoms. The van der Waals surface area contributed by atoms with Crippen molar-refractivity contribution in [3.05, 3.63) is 61.0 Å². The van der Waals surface area contributed by atoms with Crippen LogP contribution in [0.5, 0.6) is 5.88 Å². The van der Waals surface area contributed by atoms with Crippen molar-refractivity contribution < 1.29 is 19.1 Å². The van der Waals surface area contributed by atoms with E-state index in [1.54, 1.807) is 13.0 Å². The van der Waals surface area contributed by atoms with Crippen molar-refractivity contribution in [2.24, 2.45) is 0 Å². The van der Waals surface area contributed by atoms with Crippen LogP contribution in [0.2, 0.25) is 0 Å². The van der Waals surface area contributed by atoms with Gasteiger partial charge >= 0.3 is 0 Å². The molecule has 0 amide bonds. The van der Waals surface area contributed by atoms with Crippen LogP contribution in [0.3, 0.4) is 0 Å². The third-order valence-corrected chi connectivity index (χ3v) is 5.60. The van der Waals surface area contributed by atoms with Gasteiger partial charge in [-0.3, -0.25) is 14.2 Å². The van der Waals surface area contributed by atoms with Gasteiger partial charge < -0.3 is 14.3 Å². The molecule has 0 aliphatic carbocycles. The molecule has 0 radical (unpaired) electrons. The van der Waals surface area contributed by atoms with Crippen molar-refractivity contribution in [3.63, 3.8) is 0 Å². The first kappa shape index (κ1) is 22.8. The molecule has 0 atom stereocenters. The topological polar surface area (TPSA) is 105 Å². The summed E-state index contributed by atoms with van der Waals surface area (Å²) in [6.45, 7) is 7.51. The molecule has 0 unspecified atom stereocenters. The fourth-order valence-corrected chi connectivity index (χ4v) is 3.84. The Morgan fingerprint density at radius 1 is 1.32 bits per heavy atom. The number of nitrogens with zero attached hydrogens (tertiary/aromatic N) is 2. The Labute approximate surface area is 188 Å². The predicted molar refractivity (Wildman–Crippen MR) is 120 cm³/mol. The number of aromatic nitrogens is 1. The fraction of sp³-hybridized carbons (Fsp3) is 0.348. The van der Waals surface area contributed by atoms with Crippen LogP contribution >= 0.6 is 15.9 Å². The highest BCUT2D eigenvalue weighted by molar-refractivity contribution is 9.10. The predicted octanol–water partition coefficient (Wildman–Crippen LogP) is 4.60. The summed E-state index contributed by atoms with van der Waals surface area (Å²) < 4.78 is 13.1. The number of ether oxygens (including phenoxy) is 1. The van der Waals surface area contributed by atoms with Gasteiger partial charge in [-0.25, -0.2) is 0 Å². The number of halogens is 1. The Morgan fingerprint density at radius 2 is 2.03 bits per heavy atom. The van der Waals surface area contributed by atoms with Crippen molar-refractivity contribution in [3.8, 4) is 11.9 Å². The first-order valence-electron chi connectivity index (χ1n) is 9.88. The first-order chi connectivity index (χ1) is 14.7. The Morgan fingerprint density at radius 3 is 2.68 bits per heavy atom. The molecule has 162 valence electrons. The molecule has 1 aromatic carbocycles. The van der Waals surface area contributed by atoms with Gasteiger partial charge in [0.2, 0.25) is 11.7 Å². The van der Waals surface area contributed by atoms with Crippen LogP contribution in [0.15, 0.2) is 31.9 Å². The number of ketones is 1. The van der Waals surface area contributed by atoms with E-state index in [1.165, 1.54) is 6.92 Å². The highest BCUT2D eigenvalue weighted by Crippen LogP contribution is 2.32. The van der Waals surface area contributed by atoms with E-state index in [1.807, 2.05) is 32.0 Å². The summed E-state index contributed by atoms with van der Waals surface area (Å²) in [5.41, 5.74) is 0.346. The number of rotatable bonds is 7. The maximum Gasteiger partial charge on any atom is 0.271 e. The second-order valence-electron chi connectivity index (χ2n) is 7.57. The minimum atomic E-state index is -0.635. The second-order valence-corrected chi connectivity index (χ2v) is 8.48. The van der Waals surface area contributed by atoms with Gasteiger partial charge in [-0.05, 0) is 57.9 Å². The van der Waals surface area contributed by atoms with E-state index < -0.39 is 17.2 Å². The zero-order valence-corrected chi connectivity index (χ0v) is 19.4. The average molecular weight is 487 g/mol. The molecule has 0 bridgehead atoms. The molecule has 0 aliphatic rings. The van der Waals surface area contributed by atoms with Gasteiger partial charge in [-0.1, -0.05) is 15.9 Å². The molecule has 1 N–H and O–H groups in total. The van der Waals surface area contributed by atoms with Gasteiger partial charge in [0.15, 0.2) is 5.76 Å². The lowest BCUT2D eigenvalue weighted by Gasteiger charge is -2.15. The largest absolute Gasteiger partial charge is 0.494 e. The van der Waals surface area contributed by atoms with E-state index in [9.17, 15) is 20.0 Å². The number of benzene rings is 1. The van der Waals surface area contributed by atoms with Crippen LogP contribution in [0.4, 0.5) is 0 Å². The first-order valence-corrected chi connectivity index (χ1v) is 10.7. The maximum atomic E-state index is 13.4. The molecule has 0 aliphatic heterocycles. The Kier molecular flexibility index (Phi) is 6.68. The number of hydrogen-bond acceptors (Lipinski definition) is 6. The van der Waals surface area contributed by atoms with Crippen molar-refractivity contribution in [1.82, 2.24) is 4.57 Å². The molecule has 0 fully saturated rings. The van der Waals surface area contributed by atoms with Gasteiger partial charge in [0, 0.05) is 28.6 Å². The standard InChI is InChI=1S/C23H23BrN2O5/c1-12(2)30-9-5-8-26-22(28)17(11-25)13(3)19(23(26)29)20(27)21-14(4)16-7-6-15(24)10-18(16)31-21/h6-7,10,12,29H,5,8-9H2,1-4H3. The van der Waals surface area contributed by atoms with Crippen molar-refractivity contribution in [2.75, 3.05) is 6.61 Å². The van der Waals surface area contributed by atoms with Crippen LogP contribution in [0.25, 0.3) is 11.0 Å². The maximum absolute atomic E-state index is 13.4.